The molecule has 2 aromatic rings. The van der Waals surface area contributed by atoms with Crippen LogP contribution >= 0.6 is 0 Å². The molecule has 0 saturated heterocycles. The molecule has 1 heterocycles. The van der Waals surface area contributed by atoms with Gasteiger partial charge in [0.2, 0.25) is 0 Å². The highest BCUT2D eigenvalue weighted by molar-refractivity contribution is 5.87. The minimum absolute atomic E-state index is 0.00194. The SMILES string of the molecule is Cc1cn(C)c(=O)c2cc(N)ccc12. The van der Waals surface area contributed by atoms with E-state index in [1.807, 2.05) is 25.3 Å². The van der Waals surface area contributed by atoms with Crippen molar-refractivity contribution >= 4 is 16.5 Å². The van der Waals surface area contributed by atoms with Gasteiger partial charge in [-0.15, -0.1) is 0 Å². The van der Waals surface area contributed by atoms with Gasteiger partial charge in [-0.2, -0.15) is 0 Å². The van der Waals surface area contributed by atoms with Gasteiger partial charge in [-0.3, -0.25) is 4.79 Å². The van der Waals surface area contributed by atoms with E-state index in [0.29, 0.717) is 11.1 Å². The van der Waals surface area contributed by atoms with E-state index in [1.54, 1.807) is 17.7 Å². The van der Waals surface area contributed by atoms with Gasteiger partial charge < -0.3 is 10.3 Å². The highest BCUT2D eigenvalue weighted by Crippen LogP contribution is 2.16. The van der Waals surface area contributed by atoms with E-state index in [9.17, 15) is 4.79 Å². The fourth-order valence-electron chi connectivity index (χ4n) is 1.69. The Balaban J connectivity index is 3.03. The van der Waals surface area contributed by atoms with Gasteiger partial charge in [0.1, 0.15) is 0 Å². The normalized spacial score (nSPS) is 10.7. The second kappa shape index (κ2) is 2.87. The number of fused-ring (bicyclic) bond motifs is 1. The summed E-state index contributed by atoms with van der Waals surface area (Å²) in [7, 11) is 1.75. The second-order valence-corrected chi connectivity index (χ2v) is 3.53. The third-order valence-electron chi connectivity index (χ3n) is 2.41. The molecule has 0 bridgehead atoms. The molecule has 14 heavy (non-hydrogen) atoms. The molecule has 0 amide bonds. The molecule has 0 aliphatic rings. The highest BCUT2D eigenvalue weighted by Gasteiger charge is 2.03. The molecule has 1 aromatic carbocycles. The van der Waals surface area contributed by atoms with Crippen LogP contribution in [0.1, 0.15) is 5.56 Å². The van der Waals surface area contributed by atoms with Crippen molar-refractivity contribution in [3.63, 3.8) is 0 Å². The van der Waals surface area contributed by atoms with Crippen molar-refractivity contribution in [1.82, 2.24) is 4.57 Å². The van der Waals surface area contributed by atoms with Crippen molar-refractivity contribution in [1.29, 1.82) is 0 Å². The maximum atomic E-state index is 11.7. The molecular weight excluding hydrogens is 176 g/mol. The van der Waals surface area contributed by atoms with Crippen molar-refractivity contribution in [2.75, 3.05) is 5.73 Å². The number of nitrogens with zero attached hydrogens (tertiary/aromatic N) is 1. The molecule has 0 aliphatic heterocycles. The van der Waals surface area contributed by atoms with Crippen molar-refractivity contribution in [3.05, 3.63) is 40.3 Å². The number of nitrogens with two attached hydrogens (primary N) is 1. The third-order valence-corrected chi connectivity index (χ3v) is 2.41. The second-order valence-electron chi connectivity index (χ2n) is 3.53. The summed E-state index contributed by atoms with van der Waals surface area (Å²) in [5, 5.41) is 1.66. The number of rotatable bonds is 0. The summed E-state index contributed by atoms with van der Waals surface area (Å²) in [5.41, 5.74) is 7.35. The van der Waals surface area contributed by atoms with Crippen molar-refractivity contribution in [3.8, 4) is 0 Å². The zero-order valence-corrected chi connectivity index (χ0v) is 8.24. The Hall–Kier alpha value is -1.77. The zero-order chi connectivity index (χ0) is 10.3. The number of aryl methyl sites for hydroxylation is 2. The van der Waals surface area contributed by atoms with E-state index in [-0.39, 0.29) is 5.56 Å². The fourth-order valence-corrected chi connectivity index (χ4v) is 1.69. The number of aromatic nitrogens is 1. The van der Waals surface area contributed by atoms with Gasteiger partial charge in [0, 0.05) is 24.3 Å². The van der Waals surface area contributed by atoms with Gasteiger partial charge in [-0.25, -0.2) is 0 Å². The Labute approximate surface area is 81.8 Å². The maximum absolute atomic E-state index is 11.7. The Morgan fingerprint density at radius 2 is 2.00 bits per heavy atom. The minimum atomic E-state index is -0.00194. The van der Waals surface area contributed by atoms with E-state index >= 15 is 0 Å². The van der Waals surface area contributed by atoms with Gasteiger partial charge >= 0.3 is 0 Å². The van der Waals surface area contributed by atoms with Crippen LogP contribution in [0.25, 0.3) is 10.8 Å². The lowest BCUT2D eigenvalue weighted by atomic mass is 10.1. The number of benzene rings is 1. The average molecular weight is 188 g/mol. The monoisotopic (exact) mass is 188 g/mol. The van der Waals surface area contributed by atoms with Gasteiger partial charge in [0.05, 0.1) is 0 Å². The first-order chi connectivity index (χ1) is 6.59. The fraction of sp³-hybridized carbons (Fsp3) is 0.182. The van der Waals surface area contributed by atoms with Crippen molar-refractivity contribution < 1.29 is 0 Å². The lowest BCUT2D eigenvalue weighted by molar-refractivity contribution is 0.866. The molecular formula is C11H12N2O. The van der Waals surface area contributed by atoms with Crippen LogP contribution in [0.3, 0.4) is 0 Å². The van der Waals surface area contributed by atoms with Gasteiger partial charge in [-0.05, 0) is 30.0 Å². The summed E-state index contributed by atoms with van der Waals surface area (Å²) in [5.74, 6) is 0. The summed E-state index contributed by atoms with van der Waals surface area (Å²) in [6.45, 7) is 1.98. The van der Waals surface area contributed by atoms with E-state index in [0.717, 1.165) is 10.9 Å². The largest absolute Gasteiger partial charge is 0.399 e. The van der Waals surface area contributed by atoms with Crippen LogP contribution in [0.5, 0.6) is 0 Å². The molecule has 1 aromatic heterocycles. The molecule has 0 spiro atoms. The number of hydrogen-bond donors (Lipinski definition) is 1. The molecule has 0 saturated carbocycles. The molecule has 2 rings (SSSR count). The number of nitrogen functional groups attached to an aromatic ring is 1. The smallest absolute Gasteiger partial charge is 0.258 e. The highest BCUT2D eigenvalue weighted by atomic mass is 16.1. The summed E-state index contributed by atoms with van der Waals surface area (Å²) in [6.07, 6.45) is 1.83. The molecule has 3 nitrogen and oxygen atoms in total. The molecule has 0 radical (unpaired) electrons. The van der Waals surface area contributed by atoms with Gasteiger partial charge in [0.15, 0.2) is 0 Å². The predicted molar refractivity (Wildman–Crippen MR) is 58.3 cm³/mol. The molecule has 3 heteroatoms. The molecule has 0 fully saturated rings. The molecule has 72 valence electrons. The first-order valence-electron chi connectivity index (χ1n) is 4.45. The first kappa shape index (κ1) is 8.81. The summed E-state index contributed by atoms with van der Waals surface area (Å²) < 4.78 is 1.58. The van der Waals surface area contributed by atoms with E-state index < -0.39 is 0 Å². The zero-order valence-electron chi connectivity index (χ0n) is 8.24. The summed E-state index contributed by atoms with van der Waals surface area (Å²) in [4.78, 5) is 11.7. The van der Waals surface area contributed by atoms with E-state index in [4.69, 9.17) is 5.73 Å². The molecule has 0 aliphatic carbocycles. The van der Waals surface area contributed by atoms with Crippen LogP contribution in [0.2, 0.25) is 0 Å². The van der Waals surface area contributed by atoms with Crippen LogP contribution in [-0.4, -0.2) is 4.57 Å². The number of anilines is 1. The molecule has 0 atom stereocenters. The lowest BCUT2D eigenvalue weighted by Gasteiger charge is -2.05. The van der Waals surface area contributed by atoms with E-state index in [1.165, 1.54) is 0 Å². The summed E-state index contributed by atoms with van der Waals surface area (Å²) >= 11 is 0. The minimum Gasteiger partial charge on any atom is -0.399 e. The lowest BCUT2D eigenvalue weighted by Crippen LogP contribution is -2.16. The van der Waals surface area contributed by atoms with E-state index in [2.05, 4.69) is 0 Å². The third kappa shape index (κ3) is 1.18. The Morgan fingerprint density at radius 1 is 1.29 bits per heavy atom. The van der Waals surface area contributed by atoms with Crippen LogP contribution in [0, 0.1) is 6.92 Å². The molecule has 0 unspecified atom stereocenters. The number of pyridine rings is 1. The standard InChI is InChI=1S/C11H12N2O/c1-7-6-13(2)11(14)10-5-8(12)3-4-9(7)10/h3-6H,12H2,1-2H3. The van der Waals surface area contributed by atoms with Crippen LogP contribution < -0.4 is 11.3 Å². The first-order valence-corrected chi connectivity index (χ1v) is 4.45. The predicted octanol–water partition coefficient (Wildman–Crippen LogP) is 1.43. The van der Waals surface area contributed by atoms with Crippen molar-refractivity contribution in [2.45, 2.75) is 6.92 Å². The van der Waals surface area contributed by atoms with Crippen LogP contribution in [0.15, 0.2) is 29.2 Å². The maximum Gasteiger partial charge on any atom is 0.258 e. The van der Waals surface area contributed by atoms with Gasteiger partial charge in [0.25, 0.3) is 5.56 Å². The summed E-state index contributed by atoms with van der Waals surface area (Å²) in [6, 6.07) is 5.43. The average Bonchev–Trinajstić information content (AvgIpc) is 2.14. The topological polar surface area (TPSA) is 48.0 Å². The molecule has 2 N–H and O–H groups in total. The van der Waals surface area contributed by atoms with Gasteiger partial charge in [-0.1, -0.05) is 6.07 Å². The number of hydrogen-bond acceptors (Lipinski definition) is 2. The Kier molecular flexibility index (Phi) is 1.81. The quantitative estimate of drug-likeness (QED) is 0.636. The van der Waals surface area contributed by atoms with Crippen LogP contribution in [-0.2, 0) is 7.05 Å². The van der Waals surface area contributed by atoms with Crippen LogP contribution in [0.4, 0.5) is 5.69 Å². The Morgan fingerprint density at radius 3 is 2.71 bits per heavy atom. The van der Waals surface area contributed by atoms with Crippen molar-refractivity contribution in [2.24, 2.45) is 7.05 Å². The Bertz CT molecular complexity index is 555.